The van der Waals surface area contributed by atoms with Gasteiger partial charge in [-0.15, -0.1) is 0 Å². The van der Waals surface area contributed by atoms with Gasteiger partial charge >= 0.3 is 6.18 Å². The Hall–Kier alpha value is -2.06. The lowest BCUT2D eigenvalue weighted by molar-refractivity contribution is -0.146. The fraction of sp³-hybridized carbons (Fsp3) is 0.550. The lowest BCUT2D eigenvalue weighted by atomic mass is 9.92. The molecular formula is C20H24F3NO4. The van der Waals surface area contributed by atoms with Gasteiger partial charge in [-0.3, -0.25) is 4.79 Å². The Morgan fingerprint density at radius 3 is 2.54 bits per heavy atom. The summed E-state index contributed by atoms with van der Waals surface area (Å²) < 4.78 is 49.7. The quantitative estimate of drug-likeness (QED) is 0.657. The van der Waals surface area contributed by atoms with Gasteiger partial charge in [0.1, 0.15) is 0 Å². The first-order valence-electron chi connectivity index (χ1n) is 9.46. The van der Waals surface area contributed by atoms with Gasteiger partial charge in [-0.05, 0) is 49.5 Å². The Kier molecular flexibility index (Phi) is 6.61. The molecule has 5 nitrogen and oxygen atoms in total. The third-order valence-corrected chi connectivity index (χ3v) is 4.72. The van der Waals surface area contributed by atoms with E-state index < -0.39 is 18.0 Å². The van der Waals surface area contributed by atoms with E-state index in [2.05, 4.69) is 5.32 Å². The van der Waals surface area contributed by atoms with E-state index in [1.807, 2.05) is 0 Å². The highest BCUT2D eigenvalue weighted by molar-refractivity contribution is 5.92. The summed E-state index contributed by atoms with van der Waals surface area (Å²) in [6.07, 6.45) is 0.0892. The van der Waals surface area contributed by atoms with E-state index in [1.54, 1.807) is 6.08 Å². The summed E-state index contributed by atoms with van der Waals surface area (Å²) in [7, 11) is 0. The summed E-state index contributed by atoms with van der Waals surface area (Å²) in [5.74, 6) is -0.489. The maximum absolute atomic E-state index is 12.8. The van der Waals surface area contributed by atoms with Crippen LogP contribution < -0.4 is 5.32 Å². The van der Waals surface area contributed by atoms with Crippen molar-refractivity contribution in [3.63, 3.8) is 0 Å². The monoisotopic (exact) mass is 399 g/mol. The molecule has 154 valence electrons. The summed E-state index contributed by atoms with van der Waals surface area (Å²) in [6, 6.07) is 5.09. The summed E-state index contributed by atoms with van der Waals surface area (Å²) in [5.41, 5.74) is -0.0484. The molecule has 0 saturated heterocycles. The molecule has 2 aliphatic rings. The van der Waals surface area contributed by atoms with Crippen molar-refractivity contribution in [1.29, 1.82) is 0 Å². The first kappa shape index (κ1) is 20.7. The van der Waals surface area contributed by atoms with Crippen LogP contribution in [0.3, 0.4) is 0 Å². The molecule has 0 bridgehead atoms. The molecule has 1 aliphatic carbocycles. The number of hydrogen-bond acceptors (Lipinski definition) is 4. The number of nitrogens with one attached hydrogen (secondary N) is 1. The van der Waals surface area contributed by atoms with Crippen LogP contribution in [-0.2, 0) is 20.4 Å². The highest BCUT2D eigenvalue weighted by atomic mass is 19.4. The molecule has 8 heteroatoms. The number of unbranched alkanes of at least 4 members (excludes halogenated alkanes) is 1. The smallest absolute Gasteiger partial charge is 0.416 e. The van der Waals surface area contributed by atoms with E-state index >= 15 is 0 Å². The number of carbonyl (C=O) groups excluding carboxylic acids is 1. The van der Waals surface area contributed by atoms with E-state index in [1.165, 1.54) is 12.1 Å². The van der Waals surface area contributed by atoms with E-state index in [-0.39, 0.29) is 30.2 Å². The molecule has 1 aromatic carbocycles. The van der Waals surface area contributed by atoms with Crippen LogP contribution in [0.1, 0.15) is 49.1 Å². The third-order valence-electron chi connectivity index (χ3n) is 4.72. The second-order valence-corrected chi connectivity index (χ2v) is 7.09. The van der Waals surface area contributed by atoms with E-state index in [0.29, 0.717) is 31.4 Å². The second kappa shape index (κ2) is 8.96. The fourth-order valence-corrected chi connectivity index (χ4v) is 2.98. The maximum Gasteiger partial charge on any atom is 0.416 e. The first-order chi connectivity index (χ1) is 13.4. The molecule has 0 radical (unpaired) electrons. The summed E-state index contributed by atoms with van der Waals surface area (Å²) in [6.45, 7) is 0.431. The van der Waals surface area contributed by atoms with Crippen molar-refractivity contribution in [3.8, 4) is 0 Å². The maximum atomic E-state index is 12.8. The zero-order chi connectivity index (χ0) is 20.1. The number of aliphatic hydroxyl groups is 1. The van der Waals surface area contributed by atoms with Crippen LogP contribution in [0.2, 0.25) is 0 Å². The minimum Gasteiger partial charge on any atom is -0.459 e. The normalized spacial score (nSPS) is 22.4. The molecule has 2 atom stereocenters. The predicted octanol–water partition coefficient (Wildman–Crippen LogP) is 3.49. The highest BCUT2D eigenvalue weighted by Crippen LogP contribution is 2.34. The molecule has 3 rings (SSSR count). The zero-order valence-corrected chi connectivity index (χ0v) is 15.4. The standard InChI is InChI=1S/C20H24F3NO4/c21-20(22,23)15-5-3-13(4-6-15)14-11-17(19(26)24-16-7-8-16)28-18(12-14)27-10-2-1-9-25/h3-6,11,14,16,18,25H,1-2,7-10,12H2,(H,24,26)/t14-,18+/m0/s1. The van der Waals surface area contributed by atoms with Gasteiger partial charge < -0.3 is 19.9 Å². The van der Waals surface area contributed by atoms with Gasteiger partial charge in [-0.2, -0.15) is 13.2 Å². The summed E-state index contributed by atoms with van der Waals surface area (Å²) >= 11 is 0. The topological polar surface area (TPSA) is 67.8 Å². The van der Waals surface area contributed by atoms with Crippen LogP contribution in [0.15, 0.2) is 36.1 Å². The van der Waals surface area contributed by atoms with Crippen LogP contribution in [-0.4, -0.2) is 36.6 Å². The van der Waals surface area contributed by atoms with Gasteiger partial charge in [0.05, 0.1) is 12.2 Å². The second-order valence-electron chi connectivity index (χ2n) is 7.09. The minimum absolute atomic E-state index is 0.0675. The molecule has 1 saturated carbocycles. The molecule has 1 heterocycles. The Bertz CT molecular complexity index is 698. The molecule has 1 fully saturated rings. The minimum atomic E-state index is -4.39. The number of hydrogen-bond donors (Lipinski definition) is 2. The number of ether oxygens (including phenoxy) is 2. The van der Waals surface area contributed by atoms with Crippen molar-refractivity contribution in [3.05, 3.63) is 47.2 Å². The van der Waals surface area contributed by atoms with Gasteiger partial charge in [0.25, 0.3) is 5.91 Å². The van der Waals surface area contributed by atoms with Gasteiger partial charge in [-0.25, -0.2) is 0 Å². The molecule has 28 heavy (non-hydrogen) atoms. The first-order valence-corrected chi connectivity index (χ1v) is 9.46. The Labute approximate surface area is 161 Å². The molecule has 1 amide bonds. The third kappa shape index (κ3) is 5.72. The predicted molar refractivity (Wildman–Crippen MR) is 95.2 cm³/mol. The van der Waals surface area contributed by atoms with Crippen molar-refractivity contribution in [2.45, 2.75) is 56.5 Å². The SMILES string of the molecule is O=C(NC1CC1)C1=C[C@H](c2ccc(C(F)(F)F)cc2)C[C@H](OCCCCO)O1. The number of allylic oxidation sites excluding steroid dienone is 1. The number of aliphatic hydroxyl groups excluding tert-OH is 1. The number of amides is 1. The highest BCUT2D eigenvalue weighted by Gasteiger charge is 2.33. The van der Waals surface area contributed by atoms with Gasteiger partial charge in [0.15, 0.2) is 5.76 Å². The largest absolute Gasteiger partial charge is 0.459 e. The van der Waals surface area contributed by atoms with Crippen molar-refractivity contribution < 1.29 is 32.5 Å². The summed E-state index contributed by atoms with van der Waals surface area (Å²) in [5, 5.41) is 11.7. The van der Waals surface area contributed by atoms with E-state index in [0.717, 1.165) is 25.0 Å². The van der Waals surface area contributed by atoms with Crippen molar-refractivity contribution in [1.82, 2.24) is 5.32 Å². The molecule has 1 aliphatic heterocycles. The van der Waals surface area contributed by atoms with Gasteiger partial charge in [-0.1, -0.05) is 12.1 Å². The molecule has 2 N–H and O–H groups in total. The number of carbonyl (C=O) groups is 1. The average molecular weight is 399 g/mol. The molecule has 0 spiro atoms. The van der Waals surface area contributed by atoms with Gasteiger partial charge in [0.2, 0.25) is 6.29 Å². The number of benzene rings is 1. The Morgan fingerprint density at radius 2 is 1.93 bits per heavy atom. The van der Waals surface area contributed by atoms with Crippen molar-refractivity contribution in [2.24, 2.45) is 0 Å². The van der Waals surface area contributed by atoms with Crippen LogP contribution in [0.25, 0.3) is 0 Å². The van der Waals surface area contributed by atoms with Crippen LogP contribution in [0.5, 0.6) is 0 Å². The lowest BCUT2D eigenvalue weighted by Crippen LogP contribution is -2.34. The van der Waals surface area contributed by atoms with Crippen molar-refractivity contribution >= 4 is 5.91 Å². The van der Waals surface area contributed by atoms with E-state index in [9.17, 15) is 18.0 Å². The number of rotatable bonds is 8. The average Bonchev–Trinajstić information content (AvgIpc) is 3.48. The van der Waals surface area contributed by atoms with Gasteiger partial charge in [0, 0.05) is 25.0 Å². The van der Waals surface area contributed by atoms with Crippen molar-refractivity contribution in [2.75, 3.05) is 13.2 Å². The molecular weight excluding hydrogens is 375 g/mol. The molecule has 1 aromatic rings. The number of alkyl halides is 3. The number of halogens is 3. The lowest BCUT2D eigenvalue weighted by Gasteiger charge is -2.29. The van der Waals surface area contributed by atoms with Crippen LogP contribution in [0.4, 0.5) is 13.2 Å². The Morgan fingerprint density at radius 1 is 1.21 bits per heavy atom. The Balaban J connectivity index is 1.73. The molecule has 0 aromatic heterocycles. The van der Waals surface area contributed by atoms with Crippen LogP contribution in [0, 0.1) is 0 Å². The summed E-state index contributed by atoms with van der Waals surface area (Å²) in [4.78, 5) is 12.4. The fourth-order valence-electron chi connectivity index (χ4n) is 2.98. The van der Waals surface area contributed by atoms with E-state index in [4.69, 9.17) is 14.6 Å². The molecule has 0 unspecified atom stereocenters. The zero-order valence-electron chi connectivity index (χ0n) is 15.4. The van der Waals surface area contributed by atoms with Crippen LogP contribution >= 0.6 is 0 Å².